The molecule has 2 aliphatic rings. The number of carbonyl (C=O) groups is 1. The summed E-state index contributed by atoms with van der Waals surface area (Å²) in [6, 6.07) is 10.8. The van der Waals surface area contributed by atoms with Gasteiger partial charge in [-0.1, -0.05) is 24.3 Å². The molecular formula is C21H18F3N5O2. The van der Waals surface area contributed by atoms with Gasteiger partial charge in [-0.2, -0.15) is 13.2 Å². The van der Waals surface area contributed by atoms with Crippen LogP contribution in [0.2, 0.25) is 0 Å². The molecule has 31 heavy (non-hydrogen) atoms. The fraction of sp³-hybridized carbons (Fsp3) is 0.286. The average Bonchev–Trinajstić information content (AvgIpc) is 2.77. The third-order valence-electron chi connectivity index (χ3n) is 5.42. The molecule has 0 radical (unpaired) electrons. The van der Waals surface area contributed by atoms with E-state index in [1.807, 2.05) is 30.3 Å². The monoisotopic (exact) mass is 429 g/mol. The molecule has 0 bridgehead atoms. The minimum Gasteiger partial charge on any atom is -0.431 e. The molecule has 10 heteroatoms. The Morgan fingerprint density at radius 3 is 2.68 bits per heavy atom. The maximum absolute atomic E-state index is 13.8. The van der Waals surface area contributed by atoms with Gasteiger partial charge in [0.25, 0.3) is 0 Å². The minimum absolute atomic E-state index is 0.172. The van der Waals surface area contributed by atoms with Gasteiger partial charge < -0.3 is 15.0 Å². The number of halogens is 3. The van der Waals surface area contributed by atoms with Crippen LogP contribution in [0, 0.1) is 0 Å². The van der Waals surface area contributed by atoms with Crippen molar-refractivity contribution < 1.29 is 22.7 Å². The van der Waals surface area contributed by atoms with Crippen molar-refractivity contribution in [2.24, 2.45) is 0 Å². The van der Waals surface area contributed by atoms with Crippen molar-refractivity contribution >= 4 is 28.5 Å². The highest BCUT2D eigenvalue weighted by Crippen LogP contribution is 2.46. The lowest BCUT2D eigenvalue weighted by Crippen LogP contribution is -2.43. The molecule has 3 aromatic rings. The van der Waals surface area contributed by atoms with Crippen LogP contribution in [0.5, 0.6) is 0 Å². The van der Waals surface area contributed by atoms with Crippen LogP contribution in [-0.2, 0) is 4.74 Å². The predicted octanol–water partition coefficient (Wildman–Crippen LogP) is 3.87. The van der Waals surface area contributed by atoms with Gasteiger partial charge in [-0.05, 0) is 17.5 Å². The Morgan fingerprint density at radius 1 is 1.13 bits per heavy atom. The molecule has 2 aromatic heterocycles. The fourth-order valence-electron chi connectivity index (χ4n) is 4.01. The van der Waals surface area contributed by atoms with Crippen LogP contribution in [0.1, 0.15) is 11.7 Å². The van der Waals surface area contributed by atoms with Gasteiger partial charge in [0.15, 0.2) is 0 Å². The van der Waals surface area contributed by atoms with Crippen LogP contribution in [-0.4, -0.2) is 48.4 Å². The molecule has 160 valence electrons. The van der Waals surface area contributed by atoms with Crippen molar-refractivity contribution in [1.82, 2.24) is 15.3 Å². The second kappa shape index (κ2) is 7.38. The molecule has 2 N–H and O–H groups in total. The van der Waals surface area contributed by atoms with Crippen LogP contribution in [0.4, 0.5) is 29.6 Å². The van der Waals surface area contributed by atoms with E-state index < -0.39 is 18.4 Å². The standard InChI is InChI=1S/C21H18F3N5O2/c22-21(23,24)18-16-14(5-6-26-19(16)28-20(30)31-18)17-13-4-2-1-3-12(13)11-15(27-17)29-9-7-25-8-10-29/h1-6,11,18,25H,7-10H2,(H,26,28,30)/t18-/m1/s1. The SMILES string of the molecule is O=C1Nc2nccc(-c3nc(N4CCNCC4)cc4ccccc34)c2[C@H](C(F)(F)F)O1. The normalized spacial score (nSPS) is 19.0. The average molecular weight is 429 g/mol. The molecule has 0 aliphatic carbocycles. The summed E-state index contributed by atoms with van der Waals surface area (Å²) in [4.78, 5) is 22.5. The Balaban J connectivity index is 1.75. The van der Waals surface area contributed by atoms with E-state index in [1.54, 1.807) is 0 Å². The van der Waals surface area contributed by atoms with Crippen LogP contribution in [0.15, 0.2) is 42.6 Å². The Kier molecular flexibility index (Phi) is 4.66. The summed E-state index contributed by atoms with van der Waals surface area (Å²) in [6.07, 6.45) is -7.05. The zero-order chi connectivity index (χ0) is 21.6. The predicted molar refractivity (Wildman–Crippen MR) is 109 cm³/mol. The summed E-state index contributed by atoms with van der Waals surface area (Å²) in [5, 5.41) is 7.11. The summed E-state index contributed by atoms with van der Waals surface area (Å²) < 4.78 is 46.1. The number of carbonyl (C=O) groups excluding carboxylic acids is 1. The highest BCUT2D eigenvalue weighted by Gasteiger charge is 2.49. The second-order valence-electron chi connectivity index (χ2n) is 7.36. The van der Waals surface area contributed by atoms with E-state index in [2.05, 4.69) is 25.3 Å². The number of aromatic nitrogens is 2. The Bertz CT molecular complexity index is 1160. The van der Waals surface area contributed by atoms with Crippen LogP contribution in [0.3, 0.4) is 0 Å². The number of pyridine rings is 2. The highest BCUT2D eigenvalue weighted by atomic mass is 19.4. The van der Waals surface area contributed by atoms with Crippen molar-refractivity contribution in [2.45, 2.75) is 12.3 Å². The van der Waals surface area contributed by atoms with E-state index in [4.69, 9.17) is 4.98 Å². The summed E-state index contributed by atoms with van der Waals surface area (Å²) in [5.41, 5.74) is 0.365. The van der Waals surface area contributed by atoms with E-state index >= 15 is 0 Å². The number of anilines is 2. The largest absolute Gasteiger partial charge is 0.431 e. The van der Waals surface area contributed by atoms with Gasteiger partial charge in [0.2, 0.25) is 6.10 Å². The van der Waals surface area contributed by atoms with E-state index in [1.165, 1.54) is 12.3 Å². The summed E-state index contributed by atoms with van der Waals surface area (Å²) in [6.45, 7) is 3.07. The zero-order valence-corrected chi connectivity index (χ0v) is 16.2. The number of hydrogen-bond acceptors (Lipinski definition) is 6. The lowest BCUT2D eigenvalue weighted by molar-refractivity contribution is -0.206. The third-order valence-corrected chi connectivity index (χ3v) is 5.42. The van der Waals surface area contributed by atoms with Gasteiger partial charge in [0.1, 0.15) is 11.6 Å². The van der Waals surface area contributed by atoms with Crippen molar-refractivity contribution in [3.8, 4) is 11.3 Å². The van der Waals surface area contributed by atoms with Crippen molar-refractivity contribution in [3.63, 3.8) is 0 Å². The quantitative estimate of drug-likeness (QED) is 0.644. The zero-order valence-electron chi connectivity index (χ0n) is 16.2. The molecule has 7 nitrogen and oxygen atoms in total. The first kappa shape index (κ1) is 19.6. The number of cyclic esters (lactones) is 1. The lowest BCUT2D eigenvalue weighted by Gasteiger charge is -2.30. The smallest absolute Gasteiger partial charge is 0.430 e. The lowest BCUT2D eigenvalue weighted by atomic mass is 9.96. The summed E-state index contributed by atoms with van der Waals surface area (Å²) in [5.74, 6) is 0.514. The Labute approximate surface area is 175 Å². The summed E-state index contributed by atoms with van der Waals surface area (Å²) >= 11 is 0. The van der Waals surface area contributed by atoms with Crippen molar-refractivity contribution in [2.75, 3.05) is 36.4 Å². The van der Waals surface area contributed by atoms with Crippen molar-refractivity contribution in [1.29, 1.82) is 0 Å². The molecule has 0 saturated carbocycles. The molecule has 1 fully saturated rings. The number of nitrogens with one attached hydrogen (secondary N) is 2. The maximum Gasteiger partial charge on any atom is 0.430 e. The van der Waals surface area contributed by atoms with Gasteiger partial charge in [0, 0.05) is 43.3 Å². The van der Waals surface area contributed by atoms with Gasteiger partial charge in [-0.3, -0.25) is 5.32 Å². The highest BCUT2D eigenvalue weighted by molar-refractivity contribution is 5.99. The molecule has 0 spiro atoms. The van der Waals surface area contributed by atoms with Crippen molar-refractivity contribution in [3.05, 3.63) is 48.2 Å². The number of ether oxygens (including phenoxy) is 1. The summed E-state index contributed by atoms with van der Waals surface area (Å²) in [7, 11) is 0. The number of rotatable bonds is 2. The molecule has 5 rings (SSSR count). The van der Waals surface area contributed by atoms with E-state index in [-0.39, 0.29) is 16.9 Å². The minimum atomic E-state index is -4.80. The Morgan fingerprint density at radius 2 is 1.90 bits per heavy atom. The number of amides is 1. The molecule has 0 unspecified atom stereocenters. The van der Waals surface area contributed by atoms with E-state index in [0.29, 0.717) is 16.9 Å². The first-order valence-corrected chi connectivity index (χ1v) is 9.81. The number of fused-ring (bicyclic) bond motifs is 2. The van der Waals surface area contributed by atoms with Crippen LogP contribution >= 0.6 is 0 Å². The molecule has 2 aliphatic heterocycles. The molecule has 1 amide bonds. The fourth-order valence-corrected chi connectivity index (χ4v) is 4.01. The Hall–Kier alpha value is -3.40. The molecular weight excluding hydrogens is 411 g/mol. The second-order valence-corrected chi connectivity index (χ2v) is 7.36. The van der Waals surface area contributed by atoms with Crippen LogP contribution < -0.4 is 15.5 Å². The molecule has 4 heterocycles. The first-order chi connectivity index (χ1) is 14.9. The number of nitrogens with zero attached hydrogens (tertiary/aromatic N) is 3. The number of piperazine rings is 1. The van der Waals surface area contributed by atoms with Crippen LogP contribution in [0.25, 0.3) is 22.0 Å². The maximum atomic E-state index is 13.8. The number of hydrogen-bond donors (Lipinski definition) is 2. The van der Waals surface area contributed by atoms with Gasteiger partial charge in [-0.25, -0.2) is 14.8 Å². The van der Waals surface area contributed by atoms with Gasteiger partial charge in [0.05, 0.1) is 11.3 Å². The first-order valence-electron chi connectivity index (χ1n) is 9.81. The van der Waals surface area contributed by atoms with Gasteiger partial charge >= 0.3 is 12.3 Å². The van der Waals surface area contributed by atoms with E-state index in [9.17, 15) is 18.0 Å². The van der Waals surface area contributed by atoms with Gasteiger partial charge in [-0.15, -0.1) is 0 Å². The third kappa shape index (κ3) is 3.52. The molecule has 1 atom stereocenters. The number of alkyl halides is 3. The molecule has 1 saturated heterocycles. The topological polar surface area (TPSA) is 79.4 Å². The molecule has 1 aromatic carbocycles. The number of benzene rings is 1. The van der Waals surface area contributed by atoms with E-state index in [0.717, 1.165) is 31.6 Å².